The van der Waals surface area contributed by atoms with Gasteiger partial charge in [-0.3, -0.25) is 10.4 Å². The second-order valence-corrected chi connectivity index (χ2v) is 5.92. The molecule has 0 aliphatic heterocycles. The number of amides is 2. The van der Waals surface area contributed by atoms with Gasteiger partial charge in [-0.25, -0.2) is 14.6 Å². The predicted molar refractivity (Wildman–Crippen MR) is 104 cm³/mol. The summed E-state index contributed by atoms with van der Waals surface area (Å²) in [6, 6.07) is 9.13. The highest BCUT2D eigenvalue weighted by Crippen LogP contribution is 2.34. The van der Waals surface area contributed by atoms with Gasteiger partial charge in [0.05, 0.1) is 23.3 Å². The largest absolute Gasteiger partial charge is 0.494 e. The lowest BCUT2D eigenvalue weighted by molar-refractivity contribution is 0.249. The quantitative estimate of drug-likeness (QED) is 0.495. The molecule has 3 rings (SSSR count). The van der Waals surface area contributed by atoms with Crippen LogP contribution in [0.1, 0.15) is 0 Å². The molecule has 1 aromatic heterocycles. The number of carbonyl (C=O) groups excluding carboxylic acids is 1. The number of hydrogen-bond donors (Lipinski definition) is 4. The molecule has 3 aromatic rings. The van der Waals surface area contributed by atoms with Crippen molar-refractivity contribution < 1.29 is 13.9 Å². The number of urea groups is 1. The molecule has 0 aliphatic carbocycles. The summed E-state index contributed by atoms with van der Waals surface area (Å²) >= 11 is 5.85. The summed E-state index contributed by atoms with van der Waals surface area (Å²) in [4.78, 5) is 16.2. The maximum Gasteiger partial charge on any atom is 0.333 e. The number of nitrogens with zero attached hydrogens (tertiary/aromatic N) is 1. The van der Waals surface area contributed by atoms with E-state index in [0.717, 1.165) is 5.39 Å². The van der Waals surface area contributed by atoms with Crippen LogP contribution >= 0.6 is 11.6 Å². The minimum absolute atomic E-state index is 0.0196. The maximum atomic E-state index is 13.4. The number of benzene rings is 2. The van der Waals surface area contributed by atoms with Gasteiger partial charge >= 0.3 is 6.03 Å². The van der Waals surface area contributed by atoms with E-state index in [4.69, 9.17) is 16.3 Å². The topological polar surface area (TPSA) is 87.3 Å². The Hall–Kier alpha value is -3.10. The van der Waals surface area contributed by atoms with Crippen molar-refractivity contribution in [2.75, 3.05) is 24.8 Å². The Balaban J connectivity index is 2.02. The first-order chi connectivity index (χ1) is 13.0. The molecule has 27 heavy (non-hydrogen) atoms. The molecule has 2 amide bonds. The zero-order valence-electron chi connectivity index (χ0n) is 14.6. The van der Waals surface area contributed by atoms with Crippen molar-refractivity contribution in [1.29, 1.82) is 0 Å². The monoisotopic (exact) mass is 389 g/mol. The third-order valence-corrected chi connectivity index (χ3v) is 4.04. The number of hydrogen-bond acceptors (Lipinski definition) is 5. The Morgan fingerprint density at radius 3 is 2.70 bits per heavy atom. The number of nitrogens with one attached hydrogen (secondary N) is 4. The van der Waals surface area contributed by atoms with Crippen LogP contribution in [0.5, 0.6) is 5.75 Å². The van der Waals surface area contributed by atoms with Crippen LogP contribution in [0, 0.1) is 5.82 Å². The average molecular weight is 390 g/mol. The zero-order valence-corrected chi connectivity index (χ0v) is 15.3. The van der Waals surface area contributed by atoms with Crippen LogP contribution in [0.3, 0.4) is 0 Å². The van der Waals surface area contributed by atoms with Crippen LogP contribution in [-0.4, -0.2) is 25.2 Å². The standard InChI is InChI=1S/C18H17ClFN5O2/c1-21-25-18(26)24-16-8-11-14(5-6-22-15(11)9-17(16)27-2)23-10-3-4-13(20)12(19)7-10/h3-9,21H,1-2H3,(H,22,23)(H2,24,25,26). The van der Waals surface area contributed by atoms with E-state index in [9.17, 15) is 9.18 Å². The lowest BCUT2D eigenvalue weighted by Crippen LogP contribution is -2.37. The van der Waals surface area contributed by atoms with E-state index >= 15 is 0 Å². The van der Waals surface area contributed by atoms with Crippen LogP contribution in [0.25, 0.3) is 10.9 Å². The van der Waals surface area contributed by atoms with Crippen LogP contribution in [0.2, 0.25) is 5.02 Å². The number of hydrazine groups is 1. The van der Waals surface area contributed by atoms with Crippen molar-refractivity contribution in [2.24, 2.45) is 0 Å². The van der Waals surface area contributed by atoms with E-state index < -0.39 is 11.8 Å². The summed E-state index contributed by atoms with van der Waals surface area (Å²) in [6.45, 7) is 0. The highest BCUT2D eigenvalue weighted by atomic mass is 35.5. The Bertz CT molecular complexity index is 999. The average Bonchev–Trinajstić information content (AvgIpc) is 2.65. The van der Waals surface area contributed by atoms with Crippen molar-refractivity contribution >= 4 is 45.6 Å². The number of fused-ring (bicyclic) bond motifs is 1. The fourth-order valence-corrected chi connectivity index (χ4v) is 2.73. The van der Waals surface area contributed by atoms with Crippen LogP contribution in [-0.2, 0) is 0 Å². The molecule has 1 heterocycles. The smallest absolute Gasteiger partial charge is 0.333 e. The summed E-state index contributed by atoms with van der Waals surface area (Å²) in [5.74, 6) is -0.0307. The molecule has 0 saturated heterocycles. The van der Waals surface area contributed by atoms with Gasteiger partial charge in [-0.2, -0.15) is 0 Å². The number of methoxy groups -OCH3 is 1. The van der Waals surface area contributed by atoms with Crippen molar-refractivity contribution in [3.8, 4) is 5.75 Å². The third-order valence-electron chi connectivity index (χ3n) is 3.75. The first kappa shape index (κ1) is 18.7. The first-order valence-electron chi connectivity index (χ1n) is 7.94. The summed E-state index contributed by atoms with van der Waals surface area (Å²) in [6.07, 6.45) is 1.63. The van der Waals surface area contributed by atoms with E-state index in [1.807, 2.05) is 0 Å². The van der Waals surface area contributed by atoms with Gasteiger partial charge in [0.1, 0.15) is 11.6 Å². The molecule has 0 bridgehead atoms. The first-order valence-corrected chi connectivity index (χ1v) is 8.32. The lowest BCUT2D eigenvalue weighted by atomic mass is 10.1. The zero-order chi connectivity index (χ0) is 19.4. The SMILES string of the molecule is CNNC(=O)Nc1cc2c(Nc3ccc(F)c(Cl)c3)ccnc2cc1OC. The van der Waals surface area contributed by atoms with Gasteiger partial charge in [-0.15, -0.1) is 0 Å². The minimum Gasteiger partial charge on any atom is -0.494 e. The number of aromatic nitrogens is 1. The van der Waals surface area contributed by atoms with Gasteiger partial charge in [0, 0.05) is 36.1 Å². The number of pyridine rings is 1. The fraction of sp³-hybridized carbons (Fsp3) is 0.111. The molecule has 7 nitrogen and oxygen atoms in total. The normalized spacial score (nSPS) is 10.5. The molecule has 9 heteroatoms. The Morgan fingerprint density at radius 2 is 2.00 bits per heavy atom. The molecule has 0 spiro atoms. The predicted octanol–water partition coefficient (Wildman–Crippen LogP) is 4.04. The summed E-state index contributed by atoms with van der Waals surface area (Å²) in [7, 11) is 3.09. The second kappa shape index (κ2) is 8.07. The van der Waals surface area contributed by atoms with Gasteiger partial charge in [-0.05, 0) is 30.3 Å². The fourth-order valence-electron chi connectivity index (χ4n) is 2.55. The van der Waals surface area contributed by atoms with E-state index in [-0.39, 0.29) is 5.02 Å². The summed E-state index contributed by atoms with van der Waals surface area (Å²) in [5.41, 5.74) is 7.42. The summed E-state index contributed by atoms with van der Waals surface area (Å²) < 4.78 is 18.7. The van der Waals surface area contributed by atoms with Gasteiger partial charge in [0.25, 0.3) is 0 Å². The lowest BCUT2D eigenvalue weighted by Gasteiger charge is -2.15. The Morgan fingerprint density at radius 1 is 1.19 bits per heavy atom. The number of anilines is 3. The molecule has 0 fully saturated rings. The molecule has 0 aliphatic rings. The molecule has 0 unspecified atom stereocenters. The second-order valence-electron chi connectivity index (χ2n) is 5.51. The van der Waals surface area contributed by atoms with Gasteiger partial charge in [0.15, 0.2) is 0 Å². The van der Waals surface area contributed by atoms with E-state index in [2.05, 4.69) is 26.5 Å². The highest BCUT2D eigenvalue weighted by molar-refractivity contribution is 6.31. The Kier molecular flexibility index (Phi) is 5.58. The van der Waals surface area contributed by atoms with Crippen LogP contribution in [0.4, 0.5) is 26.2 Å². The number of carbonyl (C=O) groups is 1. The van der Waals surface area contributed by atoms with Crippen LogP contribution < -0.4 is 26.2 Å². The van der Waals surface area contributed by atoms with Crippen molar-refractivity contribution in [2.45, 2.75) is 0 Å². The molecule has 0 saturated carbocycles. The van der Waals surface area contributed by atoms with Gasteiger partial charge < -0.3 is 15.4 Å². The molecular formula is C18H17ClFN5O2. The van der Waals surface area contributed by atoms with Crippen molar-refractivity contribution in [3.05, 3.63) is 53.4 Å². The maximum absolute atomic E-state index is 13.4. The third kappa shape index (κ3) is 4.18. The summed E-state index contributed by atoms with van der Waals surface area (Å²) in [5, 5.41) is 6.64. The number of rotatable bonds is 5. The molecule has 0 radical (unpaired) electrons. The van der Waals surface area contributed by atoms with E-state index in [1.54, 1.807) is 37.5 Å². The molecule has 2 aromatic carbocycles. The molecular weight excluding hydrogens is 373 g/mol. The van der Waals surface area contributed by atoms with E-state index in [1.165, 1.54) is 19.2 Å². The number of halogens is 2. The minimum atomic E-state index is -0.492. The Labute approximate surface area is 159 Å². The highest BCUT2D eigenvalue weighted by Gasteiger charge is 2.12. The van der Waals surface area contributed by atoms with Gasteiger partial charge in [0.2, 0.25) is 0 Å². The van der Waals surface area contributed by atoms with Crippen molar-refractivity contribution in [3.63, 3.8) is 0 Å². The molecule has 4 N–H and O–H groups in total. The van der Waals surface area contributed by atoms with Gasteiger partial charge in [-0.1, -0.05) is 11.6 Å². The van der Waals surface area contributed by atoms with E-state index in [0.29, 0.717) is 28.3 Å². The molecule has 140 valence electrons. The van der Waals surface area contributed by atoms with Crippen molar-refractivity contribution in [1.82, 2.24) is 15.8 Å². The molecule has 0 atom stereocenters. The number of ether oxygens (including phenoxy) is 1. The van der Waals surface area contributed by atoms with Crippen LogP contribution in [0.15, 0.2) is 42.6 Å².